The predicted molar refractivity (Wildman–Crippen MR) is 74.3 cm³/mol. The number of nitrogens with two attached hydrogens (primary N) is 1. The summed E-state index contributed by atoms with van der Waals surface area (Å²) in [5.74, 6) is 0.164. The number of benzene rings is 1. The van der Waals surface area contributed by atoms with Crippen LogP contribution >= 0.6 is 0 Å². The lowest BCUT2D eigenvalue weighted by molar-refractivity contribution is 0.531. The van der Waals surface area contributed by atoms with E-state index in [9.17, 15) is 4.39 Å². The Morgan fingerprint density at radius 3 is 2.47 bits per heavy atom. The van der Waals surface area contributed by atoms with E-state index in [1.54, 1.807) is 0 Å². The maximum Gasteiger partial charge on any atom is 0.123 e. The molecule has 2 aromatic rings. The zero-order chi connectivity index (χ0) is 13.7. The van der Waals surface area contributed by atoms with Gasteiger partial charge in [0.1, 0.15) is 5.82 Å². The normalized spacial score (nSPS) is 12.6. The average molecular weight is 261 g/mol. The van der Waals surface area contributed by atoms with E-state index in [4.69, 9.17) is 5.73 Å². The van der Waals surface area contributed by atoms with Gasteiger partial charge in [-0.05, 0) is 55.5 Å². The van der Waals surface area contributed by atoms with Crippen LogP contribution in [0.2, 0.25) is 0 Å². The number of aryl methyl sites for hydroxylation is 1. The van der Waals surface area contributed by atoms with Gasteiger partial charge in [-0.15, -0.1) is 0 Å². The molecule has 0 bridgehead atoms. The molecule has 0 aliphatic carbocycles. The van der Waals surface area contributed by atoms with Gasteiger partial charge in [0, 0.05) is 12.7 Å². The summed E-state index contributed by atoms with van der Waals surface area (Å²) in [6.07, 6.45) is 5.74. The molecule has 0 aliphatic rings. The molecule has 1 aromatic carbocycles. The van der Waals surface area contributed by atoms with Crippen molar-refractivity contribution in [3.05, 3.63) is 53.6 Å². The number of halogens is 1. The molecule has 2 rings (SSSR count). The largest absolute Gasteiger partial charge is 0.330 e. The van der Waals surface area contributed by atoms with Gasteiger partial charge in [0.25, 0.3) is 0 Å². The fourth-order valence-corrected chi connectivity index (χ4v) is 2.21. The number of hydrogen-bond acceptors (Lipinski definition) is 2. The number of hydrogen-bond donors (Lipinski definition) is 1. The van der Waals surface area contributed by atoms with Gasteiger partial charge in [0.2, 0.25) is 0 Å². The van der Waals surface area contributed by atoms with Crippen LogP contribution in [0.1, 0.15) is 18.1 Å². The minimum Gasteiger partial charge on any atom is -0.330 e. The van der Waals surface area contributed by atoms with Crippen LogP contribution in [0.3, 0.4) is 0 Å². The topological polar surface area (TPSA) is 43.8 Å². The molecule has 102 valence electrons. The molecule has 0 amide bonds. The lowest BCUT2D eigenvalue weighted by Crippen LogP contribution is -2.19. The summed E-state index contributed by atoms with van der Waals surface area (Å²) in [6, 6.07) is 6.65. The van der Waals surface area contributed by atoms with Crippen LogP contribution < -0.4 is 5.73 Å². The van der Waals surface area contributed by atoms with E-state index in [0.29, 0.717) is 12.5 Å². The van der Waals surface area contributed by atoms with Gasteiger partial charge >= 0.3 is 0 Å². The standard InChI is InChI=1S/C15H20FN3/c1-2-19-11-14(10-18-19)8-13(9-17)7-12-3-5-15(16)6-4-12/h3-6,10-11,13H,2,7-9,17H2,1H3. The predicted octanol–water partition coefficient (Wildman–Crippen LogP) is 2.40. The zero-order valence-corrected chi connectivity index (χ0v) is 11.2. The molecule has 1 unspecified atom stereocenters. The van der Waals surface area contributed by atoms with Crippen LogP contribution in [0.4, 0.5) is 4.39 Å². The maximum atomic E-state index is 12.9. The highest BCUT2D eigenvalue weighted by Crippen LogP contribution is 2.14. The Hall–Kier alpha value is -1.68. The van der Waals surface area contributed by atoms with Gasteiger partial charge in [0.05, 0.1) is 6.20 Å². The summed E-state index contributed by atoms with van der Waals surface area (Å²) in [4.78, 5) is 0. The summed E-state index contributed by atoms with van der Waals surface area (Å²) < 4.78 is 14.8. The van der Waals surface area contributed by atoms with Gasteiger partial charge in [-0.25, -0.2) is 4.39 Å². The Morgan fingerprint density at radius 1 is 1.21 bits per heavy atom. The summed E-state index contributed by atoms with van der Waals surface area (Å²) in [6.45, 7) is 3.57. The Morgan fingerprint density at radius 2 is 1.89 bits per heavy atom. The minimum atomic E-state index is -0.197. The Labute approximate surface area is 113 Å². The molecule has 1 atom stereocenters. The molecular formula is C15H20FN3. The third-order valence-corrected chi connectivity index (χ3v) is 3.31. The van der Waals surface area contributed by atoms with E-state index in [-0.39, 0.29) is 5.82 Å². The number of nitrogens with zero attached hydrogens (tertiary/aromatic N) is 2. The van der Waals surface area contributed by atoms with Crippen molar-refractivity contribution in [2.75, 3.05) is 6.54 Å². The first-order valence-corrected chi connectivity index (χ1v) is 6.67. The van der Waals surface area contributed by atoms with Crippen LogP contribution in [-0.2, 0) is 19.4 Å². The van der Waals surface area contributed by atoms with Gasteiger partial charge < -0.3 is 5.73 Å². The lowest BCUT2D eigenvalue weighted by Gasteiger charge is -2.13. The third kappa shape index (κ3) is 3.89. The van der Waals surface area contributed by atoms with Crippen LogP contribution in [0.25, 0.3) is 0 Å². The molecule has 19 heavy (non-hydrogen) atoms. The molecule has 0 radical (unpaired) electrons. The van der Waals surface area contributed by atoms with E-state index < -0.39 is 0 Å². The SMILES string of the molecule is CCn1cc(CC(CN)Cc2ccc(F)cc2)cn1. The second-order valence-corrected chi connectivity index (χ2v) is 4.84. The van der Waals surface area contributed by atoms with Crippen molar-refractivity contribution in [2.45, 2.75) is 26.3 Å². The molecule has 4 heteroatoms. The molecule has 1 heterocycles. The van der Waals surface area contributed by atoms with Crippen molar-refractivity contribution < 1.29 is 4.39 Å². The van der Waals surface area contributed by atoms with E-state index in [2.05, 4.69) is 18.2 Å². The Bertz CT molecular complexity index is 504. The highest BCUT2D eigenvalue weighted by molar-refractivity contribution is 5.17. The molecule has 0 aliphatic heterocycles. The molecule has 0 saturated carbocycles. The fourth-order valence-electron chi connectivity index (χ4n) is 2.21. The molecule has 2 N–H and O–H groups in total. The number of aromatic nitrogens is 2. The van der Waals surface area contributed by atoms with Gasteiger partial charge in [-0.2, -0.15) is 5.10 Å². The maximum absolute atomic E-state index is 12.9. The van der Waals surface area contributed by atoms with Crippen LogP contribution in [0.5, 0.6) is 0 Å². The Kier molecular flexibility index (Phi) is 4.68. The summed E-state index contributed by atoms with van der Waals surface area (Å²) >= 11 is 0. The molecule has 0 spiro atoms. The quantitative estimate of drug-likeness (QED) is 0.867. The molecule has 0 fully saturated rings. The van der Waals surface area contributed by atoms with Crippen molar-refractivity contribution in [3.63, 3.8) is 0 Å². The first-order chi connectivity index (χ1) is 9.21. The van der Waals surface area contributed by atoms with E-state index >= 15 is 0 Å². The van der Waals surface area contributed by atoms with Gasteiger partial charge in [0.15, 0.2) is 0 Å². The fraction of sp³-hybridized carbons (Fsp3) is 0.400. The highest BCUT2D eigenvalue weighted by atomic mass is 19.1. The van der Waals surface area contributed by atoms with Gasteiger partial charge in [-0.3, -0.25) is 4.68 Å². The monoisotopic (exact) mass is 261 g/mol. The number of rotatable bonds is 6. The first kappa shape index (κ1) is 13.7. The second kappa shape index (κ2) is 6.48. The Balaban J connectivity index is 1.98. The molecule has 1 aromatic heterocycles. The summed E-state index contributed by atoms with van der Waals surface area (Å²) in [7, 11) is 0. The smallest absolute Gasteiger partial charge is 0.123 e. The molecule has 3 nitrogen and oxygen atoms in total. The van der Waals surface area contributed by atoms with Crippen molar-refractivity contribution in [1.82, 2.24) is 9.78 Å². The third-order valence-electron chi connectivity index (χ3n) is 3.31. The van der Waals surface area contributed by atoms with Crippen molar-refractivity contribution in [3.8, 4) is 0 Å². The zero-order valence-electron chi connectivity index (χ0n) is 11.2. The summed E-state index contributed by atoms with van der Waals surface area (Å²) in [5.41, 5.74) is 8.17. The average Bonchev–Trinajstić information content (AvgIpc) is 2.88. The summed E-state index contributed by atoms with van der Waals surface area (Å²) in [5, 5.41) is 4.27. The van der Waals surface area contributed by atoms with Crippen LogP contribution in [0.15, 0.2) is 36.7 Å². The second-order valence-electron chi connectivity index (χ2n) is 4.84. The van der Waals surface area contributed by atoms with E-state index in [0.717, 1.165) is 24.9 Å². The van der Waals surface area contributed by atoms with E-state index in [1.807, 2.05) is 23.0 Å². The highest BCUT2D eigenvalue weighted by Gasteiger charge is 2.10. The van der Waals surface area contributed by atoms with Crippen molar-refractivity contribution in [2.24, 2.45) is 11.7 Å². The van der Waals surface area contributed by atoms with Crippen LogP contribution in [0, 0.1) is 11.7 Å². The first-order valence-electron chi connectivity index (χ1n) is 6.67. The van der Waals surface area contributed by atoms with Gasteiger partial charge in [-0.1, -0.05) is 12.1 Å². The van der Waals surface area contributed by atoms with E-state index in [1.165, 1.54) is 17.7 Å². The van der Waals surface area contributed by atoms with Crippen LogP contribution in [-0.4, -0.2) is 16.3 Å². The molecular weight excluding hydrogens is 241 g/mol. The minimum absolute atomic E-state index is 0.197. The van der Waals surface area contributed by atoms with Crippen molar-refractivity contribution >= 4 is 0 Å². The lowest BCUT2D eigenvalue weighted by atomic mass is 9.94. The van der Waals surface area contributed by atoms with Crippen molar-refractivity contribution in [1.29, 1.82) is 0 Å². The molecule has 0 saturated heterocycles.